The van der Waals surface area contributed by atoms with Crippen LogP contribution in [0.5, 0.6) is 17.2 Å². The van der Waals surface area contributed by atoms with Gasteiger partial charge in [-0.25, -0.2) is 0 Å². The summed E-state index contributed by atoms with van der Waals surface area (Å²) < 4.78 is 5.81. The number of phenolic OH excluding ortho intramolecular Hbond substituents is 3. The van der Waals surface area contributed by atoms with Crippen molar-refractivity contribution in [2.75, 3.05) is 5.32 Å². The minimum atomic E-state index is -1.85. The molecule has 9 nitrogen and oxygen atoms in total. The first-order chi connectivity index (χ1) is 18.8. The Morgan fingerprint density at radius 3 is 2.48 bits per heavy atom. The number of aliphatic hydroxyl groups excluding tert-OH is 1. The van der Waals surface area contributed by atoms with Gasteiger partial charge in [0.15, 0.2) is 5.78 Å². The molecule has 0 radical (unpaired) electrons. The largest absolute Gasteiger partial charge is 0.507 e. The van der Waals surface area contributed by atoms with Crippen molar-refractivity contribution in [1.29, 1.82) is 0 Å². The first-order valence-electron chi connectivity index (χ1n) is 13.3. The number of aromatic hydroxyl groups is 3. The molecule has 5 N–H and O–H groups in total. The monoisotopic (exact) mass is 549 g/mol. The van der Waals surface area contributed by atoms with Gasteiger partial charge < -0.3 is 30.5 Å². The maximum Gasteiger partial charge on any atom is 0.321 e. The van der Waals surface area contributed by atoms with Crippen molar-refractivity contribution in [2.45, 2.75) is 71.5 Å². The van der Waals surface area contributed by atoms with E-state index in [4.69, 9.17) is 4.74 Å². The number of aliphatic hydroxyl groups is 1. The van der Waals surface area contributed by atoms with Crippen molar-refractivity contribution in [3.05, 3.63) is 58.7 Å². The molecule has 40 heavy (non-hydrogen) atoms. The number of amides is 1. The zero-order valence-corrected chi connectivity index (χ0v) is 23.2. The second kappa shape index (κ2) is 10.8. The third kappa shape index (κ3) is 4.97. The smallest absolute Gasteiger partial charge is 0.321 e. The number of rotatable bonds is 2. The van der Waals surface area contributed by atoms with Crippen molar-refractivity contribution in [1.82, 2.24) is 0 Å². The van der Waals surface area contributed by atoms with Crippen LogP contribution in [-0.2, 0) is 19.7 Å². The Hall–Kier alpha value is -4.11. The summed E-state index contributed by atoms with van der Waals surface area (Å²) in [5.74, 6) is -3.55. The highest BCUT2D eigenvalue weighted by molar-refractivity contribution is 6.18. The lowest BCUT2D eigenvalue weighted by Gasteiger charge is -2.30. The molecule has 4 atom stereocenters. The van der Waals surface area contributed by atoms with E-state index in [0.717, 1.165) is 11.6 Å². The molecular weight excluding hydrogens is 514 g/mol. The number of Topliss-reactive ketones (excluding diaryl/α,β-unsaturated/α-hetero) is 1. The second-order valence-corrected chi connectivity index (χ2v) is 10.9. The SMILES string of the molecule is CC[C@H]1/C=C\[C@H](O)[C@H](C=C(C)C)OC(=O)[C@@]2(C)C=CC(=O)Nc3c2c(O)c2c(c(O)c(C)cc2c3O)C(=O)CC1. The fourth-order valence-electron chi connectivity index (χ4n) is 5.33. The molecule has 2 bridgehead atoms. The summed E-state index contributed by atoms with van der Waals surface area (Å²) in [5, 5.41) is 47.6. The number of hydrogen-bond acceptors (Lipinski definition) is 8. The number of aryl methyl sites for hydroxylation is 1. The van der Waals surface area contributed by atoms with Gasteiger partial charge in [-0.1, -0.05) is 30.7 Å². The van der Waals surface area contributed by atoms with Crippen molar-refractivity contribution < 1.29 is 39.5 Å². The highest BCUT2D eigenvalue weighted by Crippen LogP contribution is 2.53. The molecule has 0 unspecified atom stereocenters. The van der Waals surface area contributed by atoms with Crippen LogP contribution in [0.1, 0.15) is 68.4 Å². The lowest BCUT2D eigenvalue weighted by Crippen LogP contribution is -2.38. The number of allylic oxidation sites excluding steroid dienone is 2. The van der Waals surface area contributed by atoms with Gasteiger partial charge in [-0.2, -0.15) is 0 Å². The Labute approximate surface area is 232 Å². The van der Waals surface area contributed by atoms with Gasteiger partial charge in [0.25, 0.3) is 0 Å². The van der Waals surface area contributed by atoms with Gasteiger partial charge in [-0.05, 0) is 64.2 Å². The number of hydrogen-bond donors (Lipinski definition) is 5. The number of ether oxygens (including phenoxy) is 1. The van der Waals surface area contributed by atoms with Gasteiger partial charge >= 0.3 is 5.97 Å². The summed E-state index contributed by atoms with van der Waals surface area (Å²) in [5.41, 5.74) is -1.41. The number of anilines is 1. The first kappa shape index (κ1) is 28.9. The molecule has 0 saturated carbocycles. The number of ketones is 1. The van der Waals surface area contributed by atoms with Crippen LogP contribution < -0.4 is 5.32 Å². The maximum atomic E-state index is 13.9. The molecular formula is C31H35NO8. The molecule has 0 saturated heterocycles. The summed E-state index contributed by atoms with van der Waals surface area (Å²) in [4.78, 5) is 40.1. The van der Waals surface area contributed by atoms with Crippen molar-refractivity contribution >= 4 is 34.1 Å². The summed E-state index contributed by atoms with van der Waals surface area (Å²) in [7, 11) is 0. The molecule has 0 fully saturated rings. The van der Waals surface area contributed by atoms with Crippen LogP contribution in [0.25, 0.3) is 10.8 Å². The summed E-state index contributed by atoms with van der Waals surface area (Å²) >= 11 is 0. The molecule has 2 aliphatic heterocycles. The van der Waals surface area contributed by atoms with E-state index in [1.165, 1.54) is 25.1 Å². The molecule has 0 spiro atoms. The molecule has 9 heteroatoms. The molecule has 2 aromatic rings. The van der Waals surface area contributed by atoms with Gasteiger partial charge in [-0.3, -0.25) is 14.4 Å². The Morgan fingerprint density at radius 1 is 1.12 bits per heavy atom. The van der Waals surface area contributed by atoms with E-state index in [2.05, 4.69) is 5.32 Å². The number of carbonyl (C=O) groups is 3. The first-order valence-corrected chi connectivity index (χ1v) is 13.3. The highest BCUT2D eigenvalue weighted by Gasteiger charge is 2.44. The quantitative estimate of drug-likeness (QED) is 0.155. The number of benzene rings is 2. The van der Waals surface area contributed by atoms with E-state index < -0.39 is 46.8 Å². The number of cyclic esters (lactones) is 1. The van der Waals surface area contributed by atoms with Gasteiger partial charge in [0, 0.05) is 28.8 Å². The maximum absolute atomic E-state index is 13.9. The third-order valence-corrected chi connectivity index (χ3v) is 7.67. The fourth-order valence-corrected chi connectivity index (χ4v) is 5.33. The highest BCUT2D eigenvalue weighted by atomic mass is 16.6. The van der Waals surface area contributed by atoms with E-state index in [1.54, 1.807) is 32.9 Å². The fraction of sp³-hybridized carbons (Fsp3) is 0.387. The minimum absolute atomic E-state index is 0.00305. The normalized spacial score (nSPS) is 25.9. The molecule has 0 aliphatic carbocycles. The van der Waals surface area contributed by atoms with Crippen LogP contribution in [0.4, 0.5) is 5.69 Å². The van der Waals surface area contributed by atoms with Gasteiger partial charge in [0.1, 0.15) is 34.9 Å². The lowest BCUT2D eigenvalue weighted by atomic mass is 9.78. The van der Waals surface area contributed by atoms with Gasteiger partial charge in [-0.15, -0.1) is 0 Å². The predicted molar refractivity (Wildman–Crippen MR) is 151 cm³/mol. The zero-order chi connectivity index (χ0) is 29.5. The average molecular weight is 550 g/mol. The molecule has 4 rings (SSSR count). The van der Waals surface area contributed by atoms with Crippen LogP contribution in [0.15, 0.2) is 42.0 Å². The third-order valence-electron chi connectivity index (χ3n) is 7.67. The molecule has 2 aliphatic rings. The topological polar surface area (TPSA) is 153 Å². The van der Waals surface area contributed by atoms with Crippen LogP contribution in [0.3, 0.4) is 0 Å². The number of esters is 1. The standard InChI is InChI=1S/C31H35NO8/c1-6-17-7-9-19(33)21(13-15(2)3)40-30(39)31(5)12-11-22(35)32-26-25(31)29(38)23-18(28(26)37)14-16(4)27(36)24(23)20(34)10-8-17/h7,9,11-14,17,19,21,33,36-38H,6,8,10H2,1-5H3,(H,32,35)/b9-7-/t17-,19-,21-,31-/m0/s1. The number of carbonyl (C=O) groups excluding carboxylic acids is 3. The molecule has 2 heterocycles. The van der Waals surface area contributed by atoms with Gasteiger partial charge in [0.05, 0.1) is 11.3 Å². The van der Waals surface area contributed by atoms with E-state index in [0.29, 0.717) is 12.8 Å². The van der Waals surface area contributed by atoms with Crippen LogP contribution in [-0.4, -0.2) is 50.3 Å². The molecule has 2 aromatic carbocycles. The Kier molecular flexibility index (Phi) is 7.81. The molecule has 0 aromatic heterocycles. The minimum Gasteiger partial charge on any atom is -0.507 e. The predicted octanol–water partition coefficient (Wildman–Crippen LogP) is 4.83. The van der Waals surface area contributed by atoms with Crippen LogP contribution in [0.2, 0.25) is 0 Å². The summed E-state index contributed by atoms with van der Waals surface area (Å²) in [6.07, 6.45) is 5.96. The van der Waals surface area contributed by atoms with Crippen molar-refractivity contribution in [3.63, 3.8) is 0 Å². The number of phenols is 3. The average Bonchev–Trinajstić information content (AvgIpc) is 3.03. The lowest BCUT2D eigenvalue weighted by molar-refractivity contribution is -0.154. The van der Waals surface area contributed by atoms with Gasteiger partial charge in [0.2, 0.25) is 5.91 Å². The van der Waals surface area contributed by atoms with Crippen molar-refractivity contribution in [2.24, 2.45) is 5.92 Å². The van der Waals surface area contributed by atoms with E-state index in [9.17, 15) is 34.8 Å². The molecule has 1 amide bonds. The Bertz CT molecular complexity index is 1500. The van der Waals surface area contributed by atoms with Crippen molar-refractivity contribution in [3.8, 4) is 17.2 Å². The van der Waals surface area contributed by atoms with Crippen LogP contribution in [0, 0.1) is 12.8 Å². The van der Waals surface area contributed by atoms with E-state index in [-0.39, 0.29) is 51.2 Å². The number of nitrogens with one attached hydrogen (secondary N) is 1. The Balaban J connectivity index is 2.11. The van der Waals surface area contributed by atoms with E-state index in [1.807, 2.05) is 6.92 Å². The van der Waals surface area contributed by atoms with E-state index >= 15 is 0 Å². The molecule has 212 valence electrons. The Morgan fingerprint density at radius 2 is 1.82 bits per heavy atom. The second-order valence-electron chi connectivity index (χ2n) is 10.9. The van der Waals surface area contributed by atoms with Crippen LogP contribution >= 0.6 is 0 Å². The summed E-state index contributed by atoms with van der Waals surface area (Å²) in [6, 6.07) is 1.41. The summed E-state index contributed by atoms with van der Waals surface area (Å²) in [6.45, 7) is 8.47. The zero-order valence-electron chi connectivity index (χ0n) is 23.2.